The summed E-state index contributed by atoms with van der Waals surface area (Å²) >= 11 is 3.59. The highest BCUT2D eigenvalue weighted by Gasteiger charge is 2.25. The first-order chi connectivity index (χ1) is 13.0. The van der Waals surface area contributed by atoms with Gasteiger partial charge in [0.05, 0.1) is 16.7 Å². The van der Waals surface area contributed by atoms with Gasteiger partial charge in [0, 0.05) is 24.4 Å². The van der Waals surface area contributed by atoms with Gasteiger partial charge in [-0.1, -0.05) is 24.3 Å². The summed E-state index contributed by atoms with van der Waals surface area (Å²) in [5, 5.41) is 13.1. The average molecular weight is 433 g/mol. The summed E-state index contributed by atoms with van der Waals surface area (Å²) in [5.74, 6) is -0.531. The number of halogens is 1. The highest BCUT2D eigenvalue weighted by molar-refractivity contribution is 9.10. The van der Waals surface area contributed by atoms with Crippen molar-refractivity contribution in [3.63, 3.8) is 0 Å². The number of hydrogen-bond donors (Lipinski definition) is 2. The van der Waals surface area contributed by atoms with Crippen molar-refractivity contribution in [3.8, 4) is 0 Å². The smallest absolute Gasteiger partial charge is 0.267 e. The molecule has 1 aromatic carbocycles. The van der Waals surface area contributed by atoms with E-state index in [1.54, 1.807) is 11.6 Å². The van der Waals surface area contributed by atoms with Gasteiger partial charge in [0.15, 0.2) is 0 Å². The van der Waals surface area contributed by atoms with Crippen LogP contribution in [-0.4, -0.2) is 38.9 Å². The van der Waals surface area contributed by atoms with Gasteiger partial charge in [-0.15, -0.1) is 0 Å². The third-order valence-electron chi connectivity index (χ3n) is 5.11. The minimum atomic E-state index is -0.531. The zero-order valence-corrected chi connectivity index (χ0v) is 17.2. The molecular formula is C20H25BrN4O2. The van der Waals surface area contributed by atoms with Crippen molar-refractivity contribution in [2.45, 2.75) is 39.3 Å². The van der Waals surface area contributed by atoms with Crippen LogP contribution in [0.4, 0.5) is 0 Å². The molecule has 1 amide bonds. The molecule has 0 aliphatic carbocycles. The van der Waals surface area contributed by atoms with E-state index < -0.39 is 5.91 Å². The summed E-state index contributed by atoms with van der Waals surface area (Å²) in [5.41, 5.74) is 6.02. The SMILES string of the molecule is Cc1nn(CCN2CCCC2c2ccc(/C=C/C(=O)NO)cc2)c(C)c1Br. The summed E-state index contributed by atoms with van der Waals surface area (Å²) in [7, 11) is 0. The number of benzene rings is 1. The van der Waals surface area contributed by atoms with E-state index in [9.17, 15) is 4.79 Å². The molecule has 1 aromatic heterocycles. The molecule has 1 unspecified atom stereocenters. The van der Waals surface area contributed by atoms with Crippen LogP contribution >= 0.6 is 15.9 Å². The monoisotopic (exact) mass is 432 g/mol. The predicted molar refractivity (Wildman–Crippen MR) is 108 cm³/mol. The molecule has 7 heteroatoms. The van der Waals surface area contributed by atoms with Crippen molar-refractivity contribution in [2.24, 2.45) is 0 Å². The fourth-order valence-corrected chi connectivity index (χ4v) is 3.91. The Morgan fingerprint density at radius 1 is 1.33 bits per heavy atom. The Morgan fingerprint density at radius 2 is 2.07 bits per heavy atom. The van der Waals surface area contributed by atoms with Gasteiger partial charge in [0.2, 0.25) is 0 Å². The number of aromatic nitrogens is 2. The van der Waals surface area contributed by atoms with Crippen LogP contribution < -0.4 is 5.48 Å². The zero-order valence-electron chi connectivity index (χ0n) is 15.7. The summed E-state index contributed by atoms with van der Waals surface area (Å²) < 4.78 is 3.17. The lowest BCUT2D eigenvalue weighted by Crippen LogP contribution is -2.27. The number of hydroxylamine groups is 1. The van der Waals surface area contributed by atoms with Gasteiger partial charge in [0.1, 0.15) is 0 Å². The lowest BCUT2D eigenvalue weighted by atomic mass is 10.0. The van der Waals surface area contributed by atoms with Crippen LogP contribution in [0.3, 0.4) is 0 Å². The van der Waals surface area contributed by atoms with Crippen molar-refractivity contribution in [3.05, 3.63) is 57.3 Å². The molecule has 1 aliphatic rings. The maximum atomic E-state index is 11.1. The van der Waals surface area contributed by atoms with Crippen molar-refractivity contribution < 1.29 is 10.0 Å². The van der Waals surface area contributed by atoms with Gasteiger partial charge in [-0.3, -0.25) is 19.6 Å². The number of nitrogens with zero attached hydrogens (tertiary/aromatic N) is 3. The Labute approximate surface area is 168 Å². The highest BCUT2D eigenvalue weighted by atomic mass is 79.9. The van der Waals surface area contributed by atoms with Crippen molar-refractivity contribution in [1.82, 2.24) is 20.2 Å². The number of aryl methyl sites for hydroxylation is 1. The van der Waals surface area contributed by atoms with E-state index in [0.717, 1.165) is 41.8 Å². The molecule has 0 radical (unpaired) electrons. The maximum Gasteiger partial charge on any atom is 0.267 e. The number of amides is 1. The zero-order chi connectivity index (χ0) is 19.4. The van der Waals surface area contributed by atoms with Crippen LogP contribution in [0.25, 0.3) is 6.08 Å². The van der Waals surface area contributed by atoms with Gasteiger partial charge < -0.3 is 0 Å². The van der Waals surface area contributed by atoms with Gasteiger partial charge in [0.25, 0.3) is 5.91 Å². The van der Waals surface area contributed by atoms with Crippen molar-refractivity contribution >= 4 is 27.9 Å². The summed E-state index contributed by atoms with van der Waals surface area (Å²) in [6.07, 6.45) is 5.35. The number of carbonyl (C=O) groups is 1. The molecule has 1 atom stereocenters. The minimum Gasteiger partial charge on any atom is -0.294 e. The Bertz CT molecular complexity index is 829. The fraction of sp³-hybridized carbons (Fsp3) is 0.400. The van der Waals surface area contributed by atoms with E-state index in [2.05, 4.69) is 49.7 Å². The number of hydrogen-bond acceptors (Lipinski definition) is 4. The summed E-state index contributed by atoms with van der Waals surface area (Å²) in [6, 6.07) is 8.68. The van der Waals surface area contributed by atoms with E-state index in [0.29, 0.717) is 6.04 Å². The Kier molecular flexibility index (Phi) is 6.46. The lowest BCUT2D eigenvalue weighted by Gasteiger charge is -2.25. The second-order valence-corrected chi connectivity index (χ2v) is 7.67. The molecule has 3 rings (SSSR count). The minimum absolute atomic E-state index is 0.421. The average Bonchev–Trinajstić information content (AvgIpc) is 3.25. The molecule has 1 saturated heterocycles. The predicted octanol–water partition coefficient (Wildman–Crippen LogP) is 3.62. The second-order valence-electron chi connectivity index (χ2n) is 6.88. The molecule has 1 aliphatic heterocycles. The van der Waals surface area contributed by atoms with Crippen LogP contribution in [-0.2, 0) is 11.3 Å². The van der Waals surface area contributed by atoms with Crippen LogP contribution in [0.2, 0.25) is 0 Å². The van der Waals surface area contributed by atoms with E-state index >= 15 is 0 Å². The van der Waals surface area contributed by atoms with Crippen molar-refractivity contribution in [1.29, 1.82) is 0 Å². The number of rotatable bonds is 6. The topological polar surface area (TPSA) is 70.4 Å². The van der Waals surface area contributed by atoms with Crippen LogP contribution in [0.15, 0.2) is 34.8 Å². The molecular weight excluding hydrogens is 408 g/mol. The maximum absolute atomic E-state index is 11.1. The third-order valence-corrected chi connectivity index (χ3v) is 6.26. The second kappa shape index (κ2) is 8.82. The first kappa shape index (κ1) is 19.8. The Balaban J connectivity index is 1.64. The first-order valence-electron chi connectivity index (χ1n) is 9.15. The molecule has 0 spiro atoms. The highest BCUT2D eigenvalue weighted by Crippen LogP contribution is 2.32. The van der Waals surface area contributed by atoms with Gasteiger partial charge in [-0.2, -0.15) is 5.10 Å². The number of nitrogens with one attached hydrogen (secondary N) is 1. The first-order valence-corrected chi connectivity index (χ1v) is 9.94. The van der Waals surface area contributed by atoms with Crippen LogP contribution in [0, 0.1) is 13.8 Å². The Morgan fingerprint density at radius 3 is 2.70 bits per heavy atom. The number of carbonyl (C=O) groups excluding carboxylic acids is 1. The molecule has 2 N–H and O–H groups in total. The van der Waals surface area contributed by atoms with Crippen molar-refractivity contribution in [2.75, 3.05) is 13.1 Å². The van der Waals surface area contributed by atoms with E-state index in [1.165, 1.54) is 23.8 Å². The molecule has 2 heterocycles. The van der Waals surface area contributed by atoms with Crippen LogP contribution in [0.1, 0.15) is 41.4 Å². The lowest BCUT2D eigenvalue weighted by molar-refractivity contribution is -0.124. The number of likely N-dealkylation sites (tertiary alicyclic amines) is 1. The molecule has 1 fully saturated rings. The molecule has 144 valence electrons. The van der Waals surface area contributed by atoms with Gasteiger partial charge >= 0.3 is 0 Å². The van der Waals surface area contributed by atoms with E-state index in [1.807, 2.05) is 19.1 Å². The summed E-state index contributed by atoms with van der Waals surface area (Å²) in [4.78, 5) is 13.6. The summed E-state index contributed by atoms with van der Waals surface area (Å²) in [6.45, 7) is 7.06. The quantitative estimate of drug-likeness (QED) is 0.415. The van der Waals surface area contributed by atoms with Gasteiger partial charge in [-0.05, 0) is 66.4 Å². The normalized spacial score (nSPS) is 17.7. The standard InChI is InChI=1S/C20H25BrN4O2/c1-14-20(21)15(2)25(22-14)13-12-24-11-3-4-18(24)17-8-5-16(6-9-17)7-10-19(26)23-27/h5-10,18,27H,3-4,11-13H2,1-2H3,(H,23,26)/b10-7+. The van der Waals surface area contributed by atoms with E-state index in [-0.39, 0.29) is 0 Å². The molecule has 6 nitrogen and oxygen atoms in total. The molecule has 0 bridgehead atoms. The van der Waals surface area contributed by atoms with Gasteiger partial charge in [-0.25, -0.2) is 5.48 Å². The molecule has 2 aromatic rings. The third kappa shape index (κ3) is 4.66. The largest absolute Gasteiger partial charge is 0.294 e. The Hall–Kier alpha value is -1.96. The molecule has 27 heavy (non-hydrogen) atoms. The van der Waals surface area contributed by atoms with E-state index in [4.69, 9.17) is 5.21 Å². The fourth-order valence-electron chi connectivity index (χ4n) is 3.63. The van der Waals surface area contributed by atoms with Crippen LogP contribution in [0.5, 0.6) is 0 Å². The molecule has 0 saturated carbocycles.